The normalized spacial score (nSPS) is 26.1. The van der Waals surface area contributed by atoms with E-state index in [-0.39, 0.29) is 12.6 Å². The van der Waals surface area contributed by atoms with Gasteiger partial charge in [0.05, 0.1) is 25.3 Å². The lowest BCUT2D eigenvalue weighted by atomic mass is 9.73. The Labute approximate surface area is 183 Å². The van der Waals surface area contributed by atoms with Crippen LogP contribution in [0.2, 0.25) is 0 Å². The van der Waals surface area contributed by atoms with Gasteiger partial charge in [0.25, 0.3) is 0 Å². The van der Waals surface area contributed by atoms with Crippen molar-refractivity contribution in [2.75, 3.05) is 26.8 Å². The van der Waals surface area contributed by atoms with Crippen LogP contribution in [0.4, 0.5) is 0 Å². The maximum Gasteiger partial charge on any atom is 0.397 e. The third-order valence-corrected chi connectivity index (χ3v) is 6.62. The molecule has 3 saturated heterocycles. The molecule has 0 amide bonds. The average molecular weight is 451 g/mol. The number of aromatic nitrogens is 1. The van der Waals surface area contributed by atoms with Gasteiger partial charge in [0, 0.05) is 24.2 Å². The molecule has 0 radical (unpaired) electrons. The molecular weight excluding hydrogens is 420 g/mol. The number of rotatable bonds is 6. The summed E-state index contributed by atoms with van der Waals surface area (Å²) in [6, 6.07) is 7.96. The number of ether oxygens (including phenoxy) is 1. The Morgan fingerprint density at radius 1 is 1.39 bits per heavy atom. The van der Waals surface area contributed by atoms with Crippen molar-refractivity contribution >= 4 is 21.3 Å². The van der Waals surface area contributed by atoms with Crippen LogP contribution < -0.4 is 4.74 Å². The number of benzene rings is 1. The highest BCUT2D eigenvalue weighted by Crippen LogP contribution is 2.42. The highest BCUT2D eigenvalue weighted by atomic mass is 32.3. The van der Waals surface area contributed by atoms with Gasteiger partial charge < -0.3 is 9.84 Å². The topological polar surface area (TPSA) is 109 Å². The number of aliphatic hydroxyl groups is 1. The zero-order chi connectivity index (χ0) is 22.6. The van der Waals surface area contributed by atoms with E-state index in [0.717, 1.165) is 41.7 Å². The van der Waals surface area contributed by atoms with E-state index >= 15 is 0 Å². The van der Waals surface area contributed by atoms with Crippen LogP contribution in [0.3, 0.4) is 0 Å². The van der Waals surface area contributed by atoms with Crippen LogP contribution in [0.15, 0.2) is 43.1 Å². The second-order valence-electron chi connectivity index (χ2n) is 7.81. The maximum atomic E-state index is 11.2. The van der Waals surface area contributed by atoms with Gasteiger partial charge >= 0.3 is 10.4 Å². The lowest BCUT2D eigenvalue weighted by Crippen LogP contribution is -2.54. The molecule has 0 spiro atoms. The van der Waals surface area contributed by atoms with Gasteiger partial charge in [0.2, 0.25) is 0 Å². The van der Waals surface area contributed by atoms with E-state index < -0.39 is 16.5 Å². The van der Waals surface area contributed by atoms with Gasteiger partial charge in [0.1, 0.15) is 5.75 Å². The fourth-order valence-electron chi connectivity index (χ4n) is 4.59. The van der Waals surface area contributed by atoms with Crippen molar-refractivity contribution < 1.29 is 27.0 Å². The standard InChI is InChI=1S/C20H24N2O2.C2H6O4S/c1-3-13-12-22-9-7-14(13)10-19(22)20(23)16-6-8-21-18-5-4-15(24-2)11-17(16)18;1-2-6-7(3,4)5/h3-6,8,11,13-14,19-20,23H,1,7,9-10,12H2,2H3;2H2,1H3,(H,3,4,5)/t13-,14-,19-,20+;/m0./s1. The van der Waals surface area contributed by atoms with E-state index in [2.05, 4.69) is 26.7 Å². The van der Waals surface area contributed by atoms with Crippen LogP contribution in [-0.4, -0.2) is 60.8 Å². The molecule has 2 aromatic rings. The van der Waals surface area contributed by atoms with Crippen molar-refractivity contribution in [3.05, 3.63) is 48.7 Å². The minimum Gasteiger partial charge on any atom is -0.497 e. The van der Waals surface area contributed by atoms with Crippen LogP contribution in [0.1, 0.15) is 31.4 Å². The van der Waals surface area contributed by atoms with Gasteiger partial charge in [-0.3, -0.25) is 14.4 Å². The minimum absolute atomic E-state index is 0.0289. The minimum atomic E-state index is -4.17. The molecule has 5 atom stereocenters. The van der Waals surface area contributed by atoms with Gasteiger partial charge in [-0.05, 0) is 68.0 Å². The highest BCUT2D eigenvalue weighted by molar-refractivity contribution is 7.80. The Kier molecular flexibility index (Phi) is 7.66. The monoisotopic (exact) mass is 450 g/mol. The summed E-state index contributed by atoms with van der Waals surface area (Å²) in [6.45, 7) is 7.51. The van der Waals surface area contributed by atoms with Gasteiger partial charge in [0.15, 0.2) is 0 Å². The number of hydrogen-bond donors (Lipinski definition) is 2. The lowest BCUT2D eigenvalue weighted by molar-refractivity contribution is -0.0444. The summed E-state index contributed by atoms with van der Waals surface area (Å²) in [7, 11) is -2.51. The first-order chi connectivity index (χ1) is 14.8. The highest BCUT2D eigenvalue weighted by Gasteiger charge is 2.42. The van der Waals surface area contributed by atoms with Crippen LogP contribution >= 0.6 is 0 Å². The summed E-state index contributed by atoms with van der Waals surface area (Å²) in [5.41, 5.74) is 1.85. The summed E-state index contributed by atoms with van der Waals surface area (Å²) in [4.78, 5) is 6.86. The molecule has 1 aromatic heterocycles. The molecule has 9 heteroatoms. The first-order valence-corrected chi connectivity index (χ1v) is 11.7. The van der Waals surface area contributed by atoms with Crippen LogP contribution in [0, 0.1) is 11.8 Å². The Hall–Kier alpha value is -2.04. The van der Waals surface area contributed by atoms with Crippen molar-refractivity contribution in [3.8, 4) is 5.75 Å². The summed E-state index contributed by atoms with van der Waals surface area (Å²) in [5.74, 6) is 2.01. The van der Waals surface area contributed by atoms with E-state index in [0.29, 0.717) is 11.8 Å². The predicted molar refractivity (Wildman–Crippen MR) is 118 cm³/mol. The molecular formula is C22H30N2O6S. The lowest BCUT2D eigenvalue weighted by Gasteiger charge is -2.50. The van der Waals surface area contributed by atoms with Crippen molar-refractivity contribution in [1.82, 2.24) is 9.88 Å². The number of fused-ring (bicyclic) bond motifs is 4. The maximum absolute atomic E-state index is 11.2. The van der Waals surface area contributed by atoms with Crippen LogP contribution in [0.5, 0.6) is 5.75 Å². The number of pyridine rings is 1. The Morgan fingerprint density at radius 3 is 2.71 bits per heavy atom. The predicted octanol–water partition coefficient (Wildman–Crippen LogP) is 3.00. The van der Waals surface area contributed by atoms with Gasteiger partial charge in [-0.2, -0.15) is 8.42 Å². The average Bonchev–Trinajstić information content (AvgIpc) is 2.77. The zero-order valence-electron chi connectivity index (χ0n) is 17.8. The SMILES string of the molecule is C=C[C@H]1C[N@]2CC[C@H]1C[C@H]2[C@H](O)c1ccnc2ccc(OC)cc12.CCOS(=O)(=O)O. The molecule has 5 rings (SSSR count). The smallest absolute Gasteiger partial charge is 0.397 e. The fraction of sp³-hybridized carbons (Fsp3) is 0.500. The number of piperidine rings is 3. The van der Waals surface area contributed by atoms with E-state index in [1.165, 1.54) is 13.3 Å². The number of hydrogen-bond acceptors (Lipinski definition) is 7. The quantitative estimate of drug-likeness (QED) is 0.511. The number of nitrogens with zero attached hydrogens (tertiary/aromatic N) is 2. The fourth-order valence-corrected chi connectivity index (χ4v) is 4.89. The molecule has 2 N–H and O–H groups in total. The molecule has 170 valence electrons. The summed E-state index contributed by atoms with van der Waals surface area (Å²) in [5, 5.41) is 12.1. The van der Waals surface area contributed by atoms with Crippen LogP contribution in [-0.2, 0) is 14.6 Å². The number of aliphatic hydroxyl groups excluding tert-OH is 1. The zero-order valence-corrected chi connectivity index (χ0v) is 18.7. The van der Waals surface area contributed by atoms with Crippen molar-refractivity contribution in [3.63, 3.8) is 0 Å². The molecule has 8 nitrogen and oxygen atoms in total. The van der Waals surface area contributed by atoms with E-state index in [1.54, 1.807) is 13.3 Å². The van der Waals surface area contributed by atoms with Crippen molar-refractivity contribution in [2.45, 2.75) is 31.9 Å². The molecule has 2 bridgehead atoms. The van der Waals surface area contributed by atoms with Gasteiger partial charge in [-0.25, -0.2) is 4.18 Å². The summed E-state index contributed by atoms with van der Waals surface area (Å²) >= 11 is 0. The van der Waals surface area contributed by atoms with E-state index in [9.17, 15) is 13.5 Å². The molecule has 4 heterocycles. The van der Waals surface area contributed by atoms with Crippen molar-refractivity contribution in [2.24, 2.45) is 11.8 Å². The largest absolute Gasteiger partial charge is 0.497 e. The molecule has 3 aliphatic rings. The summed E-state index contributed by atoms with van der Waals surface area (Å²) < 4.78 is 36.0. The molecule has 3 aliphatic heterocycles. The third-order valence-electron chi connectivity index (χ3n) is 6.09. The summed E-state index contributed by atoms with van der Waals surface area (Å²) in [6.07, 6.45) is 5.62. The molecule has 31 heavy (non-hydrogen) atoms. The van der Waals surface area contributed by atoms with Gasteiger partial charge in [-0.1, -0.05) is 6.08 Å². The second kappa shape index (κ2) is 10.1. The van der Waals surface area contributed by atoms with E-state index in [4.69, 9.17) is 9.29 Å². The molecule has 0 aliphatic carbocycles. The number of methoxy groups -OCH3 is 1. The molecule has 0 unspecified atom stereocenters. The van der Waals surface area contributed by atoms with E-state index in [1.807, 2.05) is 24.3 Å². The Bertz CT molecular complexity index is 1010. The van der Waals surface area contributed by atoms with Crippen molar-refractivity contribution in [1.29, 1.82) is 0 Å². The Morgan fingerprint density at radius 2 is 2.16 bits per heavy atom. The molecule has 1 aromatic carbocycles. The first kappa shape index (κ1) is 23.6. The molecule has 0 saturated carbocycles. The third kappa shape index (κ3) is 5.61. The second-order valence-corrected chi connectivity index (χ2v) is 8.90. The van der Waals surface area contributed by atoms with Gasteiger partial charge in [-0.15, -0.1) is 6.58 Å². The van der Waals surface area contributed by atoms with Crippen LogP contribution in [0.25, 0.3) is 10.9 Å². The first-order valence-electron chi connectivity index (χ1n) is 10.4. The Balaban J connectivity index is 0.000000339. The molecule has 3 fully saturated rings.